The molecule has 1 aromatic heterocycles. The van der Waals surface area contributed by atoms with Crippen LogP contribution >= 0.6 is 0 Å². The number of carbonyl (C=O) groups is 1. The normalized spacial score (nSPS) is 17.9. The molecule has 1 aliphatic rings. The quantitative estimate of drug-likeness (QED) is 0.798. The molecule has 0 spiro atoms. The van der Waals surface area contributed by atoms with Crippen molar-refractivity contribution in [3.63, 3.8) is 0 Å². The summed E-state index contributed by atoms with van der Waals surface area (Å²) in [5.41, 5.74) is 1.05. The molecule has 3 rings (SSSR count). The molecule has 20 heavy (non-hydrogen) atoms. The largest absolute Gasteiger partial charge is 0.463 e. The smallest absolute Gasteiger partial charge is 0.257 e. The number of para-hydroxylation sites is 1. The molecule has 0 aliphatic carbocycles. The van der Waals surface area contributed by atoms with Gasteiger partial charge < -0.3 is 9.32 Å². The van der Waals surface area contributed by atoms with Gasteiger partial charge in [-0.15, -0.1) is 0 Å². The van der Waals surface area contributed by atoms with Crippen molar-refractivity contribution in [2.45, 2.75) is 19.8 Å². The molecule has 1 aliphatic heterocycles. The SMILES string of the molecule is CC1(C#N)CCN(C(=O)c2coc3ccccc23)CC1. The predicted molar refractivity (Wildman–Crippen MR) is 75.1 cm³/mol. The highest BCUT2D eigenvalue weighted by atomic mass is 16.3. The molecule has 0 unspecified atom stereocenters. The van der Waals surface area contributed by atoms with E-state index in [0.717, 1.165) is 23.8 Å². The van der Waals surface area contributed by atoms with Crippen molar-refractivity contribution in [3.8, 4) is 6.07 Å². The lowest BCUT2D eigenvalue weighted by Crippen LogP contribution is -2.41. The zero-order chi connectivity index (χ0) is 14.2. The second kappa shape index (κ2) is 4.68. The van der Waals surface area contributed by atoms with Gasteiger partial charge in [-0.1, -0.05) is 18.2 Å². The fourth-order valence-electron chi connectivity index (χ4n) is 2.63. The van der Waals surface area contributed by atoms with Gasteiger partial charge in [-0.05, 0) is 25.8 Å². The number of benzene rings is 1. The Labute approximate surface area is 117 Å². The van der Waals surface area contributed by atoms with Crippen LogP contribution in [0.3, 0.4) is 0 Å². The topological polar surface area (TPSA) is 57.2 Å². The third kappa shape index (κ3) is 2.05. The third-order valence-electron chi connectivity index (χ3n) is 4.14. The number of fused-ring (bicyclic) bond motifs is 1. The van der Waals surface area contributed by atoms with Crippen LogP contribution in [0.1, 0.15) is 30.1 Å². The van der Waals surface area contributed by atoms with E-state index in [4.69, 9.17) is 9.68 Å². The fraction of sp³-hybridized carbons (Fsp3) is 0.375. The van der Waals surface area contributed by atoms with Gasteiger partial charge in [-0.3, -0.25) is 4.79 Å². The molecule has 4 nitrogen and oxygen atoms in total. The summed E-state index contributed by atoms with van der Waals surface area (Å²) in [4.78, 5) is 14.4. The maximum absolute atomic E-state index is 12.6. The predicted octanol–water partition coefficient (Wildman–Crippen LogP) is 3.20. The second-order valence-corrected chi connectivity index (χ2v) is 5.61. The second-order valence-electron chi connectivity index (χ2n) is 5.61. The molecule has 102 valence electrons. The maximum Gasteiger partial charge on any atom is 0.257 e. The number of hydrogen-bond donors (Lipinski definition) is 0. The molecule has 1 fully saturated rings. The van der Waals surface area contributed by atoms with Crippen molar-refractivity contribution >= 4 is 16.9 Å². The lowest BCUT2D eigenvalue weighted by molar-refractivity contribution is 0.0662. The zero-order valence-corrected chi connectivity index (χ0v) is 11.4. The third-order valence-corrected chi connectivity index (χ3v) is 4.14. The summed E-state index contributed by atoms with van der Waals surface area (Å²) >= 11 is 0. The van der Waals surface area contributed by atoms with Crippen molar-refractivity contribution in [1.82, 2.24) is 4.90 Å². The zero-order valence-electron chi connectivity index (χ0n) is 11.4. The van der Waals surface area contributed by atoms with Crippen LogP contribution in [-0.2, 0) is 0 Å². The Morgan fingerprint density at radius 3 is 2.75 bits per heavy atom. The van der Waals surface area contributed by atoms with Crippen molar-refractivity contribution < 1.29 is 9.21 Å². The van der Waals surface area contributed by atoms with Gasteiger partial charge in [0.25, 0.3) is 5.91 Å². The summed E-state index contributed by atoms with van der Waals surface area (Å²) in [5.74, 6) is -0.00469. The van der Waals surface area contributed by atoms with E-state index in [-0.39, 0.29) is 11.3 Å². The number of amides is 1. The Balaban J connectivity index is 1.82. The van der Waals surface area contributed by atoms with Crippen molar-refractivity contribution in [3.05, 3.63) is 36.1 Å². The summed E-state index contributed by atoms with van der Waals surface area (Å²) < 4.78 is 5.42. The average Bonchev–Trinajstić information content (AvgIpc) is 2.91. The summed E-state index contributed by atoms with van der Waals surface area (Å²) in [5, 5.41) is 9.98. The first-order valence-corrected chi connectivity index (χ1v) is 6.80. The van der Waals surface area contributed by atoms with Gasteiger partial charge >= 0.3 is 0 Å². The Morgan fingerprint density at radius 2 is 2.05 bits per heavy atom. The van der Waals surface area contributed by atoms with E-state index in [1.165, 1.54) is 6.26 Å². The monoisotopic (exact) mass is 268 g/mol. The minimum absolute atomic E-state index is 0.00469. The molecule has 0 atom stereocenters. The Morgan fingerprint density at radius 1 is 1.35 bits per heavy atom. The Kier molecular flexibility index (Phi) is 2.98. The molecule has 1 aromatic carbocycles. The maximum atomic E-state index is 12.6. The number of nitrogens with zero attached hydrogens (tertiary/aromatic N) is 2. The number of piperidine rings is 1. The van der Waals surface area contributed by atoms with Crippen LogP contribution in [0.2, 0.25) is 0 Å². The average molecular weight is 268 g/mol. The highest BCUT2D eigenvalue weighted by Crippen LogP contribution is 2.31. The standard InChI is InChI=1S/C16H16N2O2/c1-16(11-17)6-8-18(9-7-16)15(19)13-10-20-14-5-3-2-4-12(13)14/h2-5,10H,6-9H2,1H3. The molecule has 0 saturated carbocycles. The van der Waals surface area contributed by atoms with Crippen LogP contribution in [0, 0.1) is 16.7 Å². The molecule has 2 aromatic rings. The Bertz CT molecular complexity index is 688. The van der Waals surface area contributed by atoms with E-state index in [2.05, 4.69) is 6.07 Å². The molecule has 1 amide bonds. The molecular weight excluding hydrogens is 252 g/mol. The molecule has 0 bridgehead atoms. The van der Waals surface area contributed by atoms with Crippen LogP contribution in [0.15, 0.2) is 34.9 Å². The van der Waals surface area contributed by atoms with E-state index < -0.39 is 0 Å². The van der Waals surface area contributed by atoms with Crippen molar-refractivity contribution in [1.29, 1.82) is 5.26 Å². The van der Waals surface area contributed by atoms with E-state index in [0.29, 0.717) is 18.7 Å². The lowest BCUT2D eigenvalue weighted by Gasteiger charge is -2.34. The minimum Gasteiger partial charge on any atom is -0.463 e. The highest BCUT2D eigenvalue weighted by Gasteiger charge is 2.32. The van der Waals surface area contributed by atoms with Crippen LogP contribution in [0.25, 0.3) is 11.0 Å². The number of furan rings is 1. The van der Waals surface area contributed by atoms with Gasteiger partial charge in [-0.2, -0.15) is 5.26 Å². The summed E-state index contributed by atoms with van der Waals surface area (Å²) in [6.45, 7) is 3.22. The minimum atomic E-state index is -0.296. The van der Waals surface area contributed by atoms with Gasteiger partial charge in [0.2, 0.25) is 0 Å². The van der Waals surface area contributed by atoms with Gasteiger partial charge in [0.15, 0.2) is 0 Å². The van der Waals surface area contributed by atoms with E-state index in [1.807, 2.05) is 36.1 Å². The molecule has 2 heterocycles. The van der Waals surface area contributed by atoms with E-state index in [9.17, 15) is 4.79 Å². The number of likely N-dealkylation sites (tertiary alicyclic amines) is 1. The number of rotatable bonds is 1. The lowest BCUT2D eigenvalue weighted by atomic mass is 9.82. The van der Waals surface area contributed by atoms with Gasteiger partial charge in [0.1, 0.15) is 11.8 Å². The molecule has 4 heteroatoms. The van der Waals surface area contributed by atoms with Gasteiger partial charge in [-0.25, -0.2) is 0 Å². The molecule has 1 saturated heterocycles. The van der Waals surface area contributed by atoms with Gasteiger partial charge in [0.05, 0.1) is 17.0 Å². The highest BCUT2D eigenvalue weighted by molar-refractivity contribution is 6.05. The van der Waals surface area contributed by atoms with E-state index >= 15 is 0 Å². The van der Waals surface area contributed by atoms with Crippen molar-refractivity contribution in [2.75, 3.05) is 13.1 Å². The number of nitriles is 1. The van der Waals surface area contributed by atoms with Gasteiger partial charge in [0, 0.05) is 18.5 Å². The van der Waals surface area contributed by atoms with Crippen LogP contribution in [-0.4, -0.2) is 23.9 Å². The van der Waals surface area contributed by atoms with Crippen LogP contribution in [0.4, 0.5) is 0 Å². The first kappa shape index (κ1) is 12.7. The fourth-order valence-corrected chi connectivity index (χ4v) is 2.63. The Hall–Kier alpha value is -2.28. The first-order chi connectivity index (χ1) is 9.63. The molecular formula is C16H16N2O2. The summed E-state index contributed by atoms with van der Waals surface area (Å²) in [7, 11) is 0. The number of carbonyl (C=O) groups excluding carboxylic acids is 1. The van der Waals surface area contributed by atoms with Crippen LogP contribution < -0.4 is 0 Å². The van der Waals surface area contributed by atoms with Crippen molar-refractivity contribution in [2.24, 2.45) is 5.41 Å². The number of hydrogen-bond acceptors (Lipinski definition) is 3. The first-order valence-electron chi connectivity index (χ1n) is 6.80. The summed E-state index contributed by atoms with van der Waals surface area (Å²) in [6.07, 6.45) is 2.99. The van der Waals surface area contributed by atoms with E-state index in [1.54, 1.807) is 0 Å². The van der Waals surface area contributed by atoms with Crippen LogP contribution in [0.5, 0.6) is 0 Å². The molecule has 0 radical (unpaired) electrons. The summed E-state index contributed by atoms with van der Waals surface area (Å²) in [6, 6.07) is 9.89. The molecule has 0 N–H and O–H groups in total.